The summed E-state index contributed by atoms with van der Waals surface area (Å²) in [5, 5.41) is 9.75. The van der Waals surface area contributed by atoms with E-state index in [1.165, 1.54) is 4.90 Å². The molecule has 0 radical (unpaired) electrons. The van der Waals surface area contributed by atoms with Crippen molar-refractivity contribution in [2.24, 2.45) is 0 Å². The van der Waals surface area contributed by atoms with Gasteiger partial charge in [-0.05, 0) is 42.0 Å². The van der Waals surface area contributed by atoms with Crippen LogP contribution in [0.15, 0.2) is 72.8 Å². The number of benzene rings is 3. The maximum atomic E-state index is 13.0. The fourth-order valence-electron chi connectivity index (χ4n) is 3.73. The number of hydrogen-bond donors (Lipinski definition) is 1. The van der Waals surface area contributed by atoms with Crippen molar-refractivity contribution in [1.82, 2.24) is 14.7 Å². The Morgan fingerprint density at radius 2 is 1.62 bits per heavy atom. The first-order valence-electron chi connectivity index (χ1n) is 11.3. The van der Waals surface area contributed by atoms with Gasteiger partial charge in [0.15, 0.2) is 0 Å². The Hall–Kier alpha value is -3.93. The minimum absolute atomic E-state index is 0.0738. The van der Waals surface area contributed by atoms with Gasteiger partial charge in [-0.1, -0.05) is 68.8 Å². The number of hydrogen-bond acceptors (Lipinski definition) is 3. The molecule has 0 aliphatic rings. The summed E-state index contributed by atoms with van der Waals surface area (Å²) < 4.78 is 1.74. The Morgan fingerprint density at radius 1 is 0.941 bits per heavy atom. The summed E-state index contributed by atoms with van der Waals surface area (Å²) in [6, 6.07) is 23.3. The maximum absolute atomic E-state index is 13.0. The largest absolute Gasteiger partial charge is 0.332 e. The molecular formula is C28H30N4O2. The molecule has 0 bridgehead atoms. The molecule has 4 rings (SSSR count). The molecule has 0 spiro atoms. The normalized spacial score (nSPS) is 11.4. The standard InChI is InChI=1S/C28H30N4O2/c1-19-10-14-23(15-11-19)32-25(17-24(30-32)28(2,3)4)29-26(33)18-31(5)27(34)22-13-12-20-8-6-7-9-21(20)16-22/h6-17H,18H2,1-5H3,(H,29,33). The van der Waals surface area contributed by atoms with E-state index in [4.69, 9.17) is 5.10 Å². The fourth-order valence-corrected chi connectivity index (χ4v) is 3.73. The van der Waals surface area contributed by atoms with Crippen LogP contribution in [0.25, 0.3) is 16.5 Å². The van der Waals surface area contributed by atoms with E-state index >= 15 is 0 Å². The number of aromatic nitrogens is 2. The first-order chi connectivity index (χ1) is 16.1. The lowest BCUT2D eigenvalue weighted by atomic mass is 9.92. The van der Waals surface area contributed by atoms with Crippen LogP contribution in [-0.4, -0.2) is 40.1 Å². The molecule has 0 atom stereocenters. The van der Waals surface area contributed by atoms with Crippen molar-refractivity contribution in [3.63, 3.8) is 0 Å². The molecule has 1 N–H and O–H groups in total. The lowest BCUT2D eigenvalue weighted by molar-refractivity contribution is -0.116. The highest BCUT2D eigenvalue weighted by atomic mass is 16.2. The molecule has 0 saturated carbocycles. The summed E-state index contributed by atoms with van der Waals surface area (Å²) in [5.41, 5.74) is 3.24. The SMILES string of the molecule is Cc1ccc(-n2nc(C(C)(C)C)cc2NC(=O)CN(C)C(=O)c2ccc3ccccc3c2)cc1. The molecule has 174 valence electrons. The van der Waals surface area contributed by atoms with Gasteiger partial charge in [-0.25, -0.2) is 4.68 Å². The van der Waals surface area contributed by atoms with Crippen LogP contribution in [0, 0.1) is 6.92 Å². The van der Waals surface area contributed by atoms with Crippen LogP contribution < -0.4 is 5.32 Å². The number of rotatable bonds is 5. The van der Waals surface area contributed by atoms with Gasteiger partial charge in [0.05, 0.1) is 17.9 Å². The third-order valence-corrected chi connectivity index (χ3v) is 5.75. The summed E-state index contributed by atoms with van der Waals surface area (Å²) in [4.78, 5) is 27.3. The third kappa shape index (κ3) is 5.01. The molecule has 1 aromatic heterocycles. The molecule has 1 heterocycles. The number of carbonyl (C=O) groups excluding carboxylic acids is 2. The first-order valence-corrected chi connectivity index (χ1v) is 11.3. The molecule has 0 aliphatic heterocycles. The van der Waals surface area contributed by atoms with E-state index in [0.29, 0.717) is 11.4 Å². The monoisotopic (exact) mass is 454 g/mol. The summed E-state index contributed by atoms with van der Waals surface area (Å²) in [6.07, 6.45) is 0. The van der Waals surface area contributed by atoms with Crippen LogP contribution in [0.2, 0.25) is 0 Å². The Labute approximate surface area is 200 Å². The first kappa shape index (κ1) is 23.2. The summed E-state index contributed by atoms with van der Waals surface area (Å²) in [7, 11) is 1.63. The van der Waals surface area contributed by atoms with Crippen molar-refractivity contribution in [1.29, 1.82) is 0 Å². The molecule has 34 heavy (non-hydrogen) atoms. The Kier molecular flexibility index (Phi) is 6.24. The molecular weight excluding hydrogens is 424 g/mol. The zero-order valence-electron chi connectivity index (χ0n) is 20.3. The molecule has 0 saturated heterocycles. The average Bonchev–Trinajstić information content (AvgIpc) is 3.22. The molecule has 2 amide bonds. The molecule has 6 heteroatoms. The number of aryl methyl sites for hydroxylation is 1. The van der Waals surface area contributed by atoms with Crippen LogP contribution in [0.3, 0.4) is 0 Å². The second kappa shape index (κ2) is 9.14. The maximum Gasteiger partial charge on any atom is 0.254 e. The number of nitrogens with zero attached hydrogens (tertiary/aromatic N) is 3. The number of anilines is 1. The van der Waals surface area contributed by atoms with Crippen molar-refractivity contribution in [2.75, 3.05) is 18.9 Å². The van der Waals surface area contributed by atoms with Gasteiger partial charge in [-0.15, -0.1) is 0 Å². The van der Waals surface area contributed by atoms with E-state index in [1.807, 2.05) is 73.7 Å². The van der Waals surface area contributed by atoms with Crippen LogP contribution in [0.1, 0.15) is 42.4 Å². The van der Waals surface area contributed by atoms with E-state index < -0.39 is 0 Å². The average molecular weight is 455 g/mol. The minimum Gasteiger partial charge on any atom is -0.332 e. The van der Waals surface area contributed by atoms with Crippen LogP contribution in [0.5, 0.6) is 0 Å². The predicted molar refractivity (Wildman–Crippen MR) is 137 cm³/mol. The summed E-state index contributed by atoms with van der Waals surface area (Å²) in [5.74, 6) is 0.0824. The van der Waals surface area contributed by atoms with E-state index in [9.17, 15) is 9.59 Å². The van der Waals surface area contributed by atoms with Crippen molar-refractivity contribution in [3.05, 3.63) is 89.6 Å². The third-order valence-electron chi connectivity index (χ3n) is 5.75. The van der Waals surface area contributed by atoms with Crippen LogP contribution in [0.4, 0.5) is 5.82 Å². The lowest BCUT2D eigenvalue weighted by Gasteiger charge is -2.17. The van der Waals surface area contributed by atoms with Crippen molar-refractivity contribution < 1.29 is 9.59 Å². The van der Waals surface area contributed by atoms with Crippen LogP contribution >= 0.6 is 0 Å². The van der Waals surface area contributed by atoms with Crippen LogP contribution in [-0.2, 0) is 10.2 Å². The van der Waals surface area contributed by atoms with Gasteiger partial charge in [-0.3, -0.25) is 9.59 Å². The zero-order chi connectivity index (χ0) is 24.5. The van der Waals surface area contributed by atoms with E-state index in [0.717, 1.165) is 27.7 Å². The van der Waals surface area contributed by atoms with Gasteiger partial charge in [0.2, 0.25) is 5.91 Å². The molecule has 4 aromatic rings. The molecule has 6 nitrogen and oxygen atoms in total. The topological polar surface area (TPSA) is 67.2 Å². The highest BCUT2D eigenvalue weighted by Crippen LogP contribution is 2.26. The fraction of sp³-hybridized carbons (Fsp3) is 0.250. The highest BCUT2D eigenvalue weighted by Gasteiger charge is 2.22. The summed E-state index contributed by atoms with van der Waals surface area (Å²) in [6.45, 7) is 8.19. The zero-order valence-corrected chi connectivity index (χ0v) is 20.3. The lowest BCUT2D eigenvalue weighted by Crippen LogP contribution is -2.35. The summed E-state index contributed by atoms with van der Waals surface area (Å²) >= 11 is 0. The number of carbonyl (C=O) groups is 2. The predicted octanol–water partition coefficient (Wildman–Crippen LogP) is 5.34. The minimum atomic E-state index is -0.287. The van der Waals surface area contributed by atoms with Gasteiger partial charge >= 0.3 is 0 Å². The van der Waals surface area contributed by atoms with Crippen molar-refractivity contribution in [2.45, 2.75) is 33.1 Å². The van der Waals surface area contributed by atoms with Gasteiger partial charge in [0.25, 0.3) is 5.91 Å². The molecule has 0 unspecified atom stereocenters. The quantitative estimate of drug-likeness (QED) is 0.442. The number of likely N-dealkylation sites (N-methyl/N-ethyl adjacent to an activating group) is 1. The number of amides is 2. The number of nitrogens with one attached hydrogen (secondary N) is 1. The van der Waals surface area contributed by atoms with Crippen molar-refractivity contribution in [3.8, 4) is 5.69 Å². The van der Waals surface area contributed by atoms with E-state index in [-0.39, 0.29) is 23.8 Å². The van der Waals surface area contributed by atoms with E-state index in [1.54, 1.807) is 17.8 Å². The van der Waals surface area contributed by atoms with Gasteiger partial charge in [-0.2, -0.15) is 5.10 Å². The Morgan fingerprint density at radius 3 is 2.29 bits per heavy atom. The van der Waals surface area contributed by atoms with Gasteiger partial charge < -0.3 is 10.2 Å². The smallest absolute Gasteiger partial charge is 0.254 e. The molecule has 0 fully saturated rings. The highest BCUT2D eigenvalue weighted by molar-refractivity contribution is 6.01. The molecule has 3 aromatic carbocycles. The molecule has 0 aliphatic carbocycles. The second-order valence-corrected chi connectivity index (χ2v) is 9.68. The van der Waals surface area contributed by atoms with Gasteiger partial charge in [0.1, 0.15) is 5.82 Å². The number of fused-ring (bicyclic) bond motifs is 1. The second-order valence-electron chi connectivity index (χ2n) is 9.68. The van der Waals surface area contributed by atoms with E-state index in [2.05, 4.69) is 26.1 Å². The van der Waals surface area contributed by atoms with Crippen molar-refractivity contribution >= 4 is 28.4 Å². The Bertz CT molecular complexity index is 1350. The van der Waals surface area contributed by atoms with Gasteiger partial charge in [0, 0.05) is 24.1 Å². The Balaban J connectivity index is 1.53.